The first-order valence-corrected chi connectivity index (χ1v) is 7.91. The Morgan fingerprint density at radius 3 is 2.57 bits per heavy atom. The molecule has 0 aromatic heterocycles. The number of carbonyl (C=O) groups is 3. The number of nitrogens with one attached hydrogen (secondary N) is 2. The van der Waals surface area contributed by atoms with Crippen LogP contribution in [0.5, 0.6) is 0 Å². The van der Waals surface area contributed by atoms with Crippen molar-refractivity contribution in [2.24, 2.45) is 5.92 Å². The minimum atomic E-state index is -0.490. The predicted molar refractivity (Wildman–Crippen MR) is 78.4 cm³/mol. The Hall–Kier alpha value is -1.59. The standard InChI is InChI=1S/C15H25N3O3/c1-3-10(2)13(15(21)18-8-4-5-9-18)17-14(20)11-6-7-12(19)16-11/h10-11,13H,3-9H2,1-2H3,(H,16,19)(H,17,20). The molecule has 0 bridgehead atoms. The van der Waals surface area contributed by atoms with Gasteiger partial charge in [0.05, 0.1) is 0 Å². The molecule has 2 fully saturated rings. The number of amides is 3. The van der Waals surface area contributed by atoms with E-state index in [1.54, 1.807) is 0 Å². The van der Waals surface area contributed by atoms with Crippen LogP contribution in [0.3, 0.4) is 0 Å². The van der Waals surface area contributed by atoms with Crippen LogP contribution in [0.25, 0.3) is 0 Å². The zero-order valence-corrected chi connectivity index (χ0v) is 12.9. The minimum Gasteiger partial charge on any atom is -0.344 e. The van der Waals surface area contributed by atoms with Crippen molar-refractivity contribution in [3.8, 4) is 0 Å². The molecular weight excluding hydrogens is 270 g/mol. The zero-order chi connectivity index (χ0) is 15.4. The van der Waals surface area contributed by atoms with E-state index < -0.39 is 12.1 Å². The Balaban J connectivity index is 2.00. The van der Waals surface area contributed by atoms with Crippen molar-refractivity contribution in [3.63, 3.8) is 0 Å². The van der Waals surface area contributed by atoms with Gasteiger partial charge < -0.3 is 15.5 Å². The molecule has 118 valence electrons. The van der Waals surface area contributed by atoms with Gasteiger partial charge in [-0.3, -0.25) is 14.4 Å². The van der Waals surface area contributed by atoms with Crippen molar-refractivity contribution in [1.29, 1.82) is 0 Å². The van der Waals surface area contributed by atoms with Gasteiger partial charge in [-0.2, -0.15) is 0 Å². The quantitative estimate of drug-likeness (QED) is 0.771. The second-order valence-electron chi connectivity index (χ2n) is 6.06. The summed E-state index contributed by atoms with van der Waals surface area (Å²) in [6, 6.07) is -0.978. The van der Waals surface area contributed by atoms with E-state index in [1.807, 2.05) is 18.7 Å². The molecule has 3 unspecified atom stereocenters. The molecule has 21 heavy (non-hydrogen) atoms. The van der Waals surface area contributed by atoms with Crippen molar-refractivity contribution < 1.29 is 14.4 Å². The third kappa shape index (κ3) is 3.74. The molecule has 0 saturated carbocycles. The summed E-state index contributed by atoms with van der Waals surface area (Å²) in [5.41, 5.74) is 0. The lowest BCUT2D eigenvalue weighted by atomic mass is 9.97. The molecule has 0 aromatic rings. The van der Waals surface area contributed by atoms with E-state index in [1.165, 1.54) is 0 Å². The number of hydrogen-bond acceptors (Lipinski definition) is 3. The fourth-order valence-corrected chi connectivity index (χ4v) is 2.88. The molecule has 6 heteroatoms. The number of nitrogens with zero attached hydrogens (tertiary/aromatic N) is 1. The highest BCUT2D eigenvalue weighted by Gasteiger charge is 2.34. The van der Waals surface area contributed by atoms with Crippen molar-refractivity contribution in [1.82, 2.24) is 15.5 Å². The average Bonchev–Trinajstić information content (AvgIpc) is 3.14. The van der Waals surface area contributed by atoms with Gasteiger partial charge in [-0.1, -0.05) is 20.3 Å². The van der Waals surface area contributed by atoms with E-state index in [0.29, 0.717) is 12.8 Å². The summed E-state index contributed by atoms with van der Waals surface area (Å²) in [4.78, 5) is 37.9. The van der Waals surface area contributed by atoms with Crippen LogP contribution in [0.1, 0.15) is 46.0 Å². The molecule has 0 aliphatic carbocycles. The smallest absolute Gasteiger partial charge is 0.245 e. The van der Waals surface area contributed by atoms with E-state index in [2.05, 4.69) is 10.6 Å². The largest absolute Gasteiger partial charge is 0.344 e. The topological polar surface area (TPSA) is 78.5 Å². The summed E-state index contributed by atoms with van der Waals surface area (Å²) in [5.74, 6) is -0.238. The van der Waals surface area contributed by atoms with Gasteiger partial charge in [0.15, 0.2) is 0 Å². The van der Waals surface area contributed by atoms with Gasteiger partial charge in [0.1, 0.15) is 12.1 Å². The molecule has 3 atom stereocenters. The maximum atomic E-state index is 12.6. The van der Waals surface area contributed by atoms with Crippen LogP contribution >= 0.6 is 0 Å². The molecule has 0 radical (unpaired) electrons. The van der Waals surface area contributed by atoms with E-state index >= 15 is 0 Å². The van der Waals surface area contributed by atoms with Crippen LogP contribution < -0.4 is 10.6 Å². The van der Waals surface area contributed by atoms with E-state index in [0.717, 1.165) is 32.4 Å². The fraction of sp³-hybridized carbons (Fsp3) is 0.800. The summed E-state index contributed by atoms with van der Waals surface area (Å²) in [5, 5.41) is 5.51. The van der Waals surface area contributed by atoms with Crippen LogP contribution in [-0.2, 0) is 14.4 Å². The number of likely N-dealkylation sites (tertiary alicyclic amines) is 1. The molecule has 2 heterocycles. The Kier molecular flexibility index (Phi) is 5.20. The number of hydrogen-bond donors (Lipinski definition) is 2. The van der Waals surface area contributed by atoms with Crippen molar-refractivity contribution in [2.75, 3.05) is 13.1 Å². The van der Waals surface area contributed by atoms with Crippen molar-refractivity contribution >= 4 is 17.7 Å². The van der Waals surface area contributed by atoms with Crippen LogP contribution in [0.15, 0.2) is 0 Å². The van der Waals surface area contributed by atoms with Gasteiger partial charge in [0, 0.05) is 19.5 Å². The predicted octanol–water partition coefficient (Wildman–Crippen LogP) is 0.418. The molecule has 0 spiro atoms. The average molecular weight is 295 g/mol. The van der Waals surface area contributed by atoms with Gasteiger partial charge in [0.25, 0.3) is 0 Å². The van der Waals surface area contributed by atoms with Gasteiger partial charge in [-0.05, 0) is 25.2 Å². The first-order valence-electron chi connectivity index (χ1n) is 7.91. The van der Waals surface area contributed by atoms with Crippen LogP contribution in [-0.4, -0.2) is 47.8 Å². The summed E-state index contributed by atoms with van der Waals surface area (Å²) in [6.07, 6.45) is 3.78. The van der Waals surface area contributed by atoms with Gasteiger partial charge in [-0.25, -0.2) is 0 Å². The van der Waals surface area contributed by atoms with E-state index in [-0.39, 0.29) is 23.6 Å². The molecule has 0 aromatic carbocycles. The van der Waals surface area contributed by atoms with E-state index in [4.69, 9.17) is 0 Å². The van der Waals surface area contributed by atoms with Crippen LogP contribution in [0.4, 0.5) is 0 Å². The molecule has 2 N–H and O–H groups in total. The Bertz CT molecular complexity index is 418. The number of rotatable bonds is 5. The van der Waals surface area contributed by atoms with Crippen LogP contribution in [0.2, 0.25) is 0 Å². The molecule has 2 aliphatic rings. The van der Waals surface area contributed by atoms with Crippen LogP contribution in [0, 0.1) is 5.92 Å². The minimum absolute atomic E-state index is 0.0134. The van der Waals surface area contributed by atoms with Gasteiger partial charge in [-0.15, -0.1) is 0 Å². The Morgan fingerprint density at radius 2 is 2.05 bits per heavy atom. The Morgan fingerprint density at radius 1 is 1.38 bits per heavy atom. The lowest BCUT2D eigenvalue weighted by Gasteiger charge is -2.28. The summed E-state index contributed by atoms with van der Waals surface area (Å²) >= 11 is 0. The lowest BCUT2D eigenvalue weighted by molar-refractivity contribution is -0.137. The van der Waals surface area contributed by atoms with Gasteiger partial charge >= 0.3 is 0 Å². The molecule has 2 aliphatic heterocycles. The second kappa shape index (κ2) is 6.91. The first kappa shape index (κ1) is 15.8. The first-order chi connectivity index (χ1) is 10.0. The molecular formula is C15H25N3O3. The normalized spacial score (nSPS) is 24.6. The van der Waals surface area contributed by atoms with Crippen molar-refractivity contribution in [3.05, 3.63) is 0 Å². The second-order valence-corrected chi connectivity index (χ2v) is 6.06. The maximum Gasteiger partial charge on any atom is 0.245 e. The Labute approximate surface area is 125 Å². The summed E-state index contributed by atoms with van der Waals surface area (Å²) in [7, 11) is 0. The molecule has 2 rings (SSSR count). The van der Waals surface area contributed by atoms with E-state index in [9.17, 15) is 14.4 Å². The summed E-state index contributed by atoms with van der Waals surface area (Å²) in [6.45, 7) is 5.55. The zero-order valence-electron chi connectivity index (χ0n) is 12.9. The number of carbonyl (C=O) groups excluding carboxylic acids is 3. The molecule has 6 nitrogen and oxygen atoms in total. The SMILES string of the molecule is CCC(C)C(NC(=O)C1CCC(=O)N1)C(=O)N1CCCC1. The highest BCUT2D eigenvalue weighted by atomic mass is 16.2. The summed E-state index contributed by atoms with van der Waals surface area (Å²) < 4.78 is 0. The fourth-order valence-electron chi connectivity index (χ4n) is 2.88. The highest BCUT2D eigenvalue weighted by molar-refractivity contribution is 5.94. The lowest BCUT2D eigenvalue weighted by Crippen LogP contribution is -2.54. The monoisotopic (exact) mass is 295 g/mol. The molecule has 3 amide bonds. The highest BCUT2D eigenvalue weighted by Crippen LogP contribution is 2.16. The van der Waals surface area contributed by atoms with Crippen molar-refractivity contribution in [2.45, 2.75) is 58.0 Å². The third-order valence-electron chi connectivity index (χ3n) is 4.51. The third-order valence-corrected chi connectivity index (χ3v) is 4.51. The van der Waals surface area contributed by atoms with Gasteiger partial charge in [0.2, 0.25) is 17.7 Å². The maximum absolute atomic E-state index is 12.6. The molecule has 2 saturated heterocycles.